The van der Waals surface area contributed by atoms with Gasteiger partial charge in [-0.15, -0.1) is 0 Å². The first-order chi connectivity index (χ1) is 17.0. The van der Waals surface area contributed by atoms with Crippen LogP contribution in [0.4, 0.5) is 4.39 Å². The fourth-order valence-corrected chi connectivity index (χ4v) is 4.12. The van der Waals surface area contributed by atoms with E-state index >= 15 is 0 Å². The van der Waals surface area contributed by atoms with E-state index < -0.39 is 17.8 Å². The van der Waals surface area contributed by atoms with Gasteiger partial charge < -0.3 is 23.9 Å². The summed E-state index contributed by atoms with van der Waals surface area (Å²) in [7, 11) is 0. The Kier molecular flexibility index (Phi) is 8.76. The summed E-state index contributed by atoms with van der Waals surface area (Å²) in [5.41, 5.74) is 0.00138. The number of furan rings is 1. The molecule has 186 valence electrons. The molecule has 4 rings (SSSR count). The van der Waals surface area contributed by atoms with Crippen LogP contribution in [0.25, 0.3) is 0 Å². The van der Waals surface area contributed by atoms with Crippen molar-refractivity contribution in [3.05, 3.63) is 89.1 Å². The zero-order chi connectivity index (χ0) is 24.6. The summed E-state index contributed by atoms with van der Waals surface area (Å²) in [5.74, 6) is 0.222. The number of amides is 1. The number of carbonyl (C=O) groups is 1. The Morgan fingerprint density at radius 1 is 1.20 bits per heavy atom. The normalized spacial score (nSPS) is 17.2. The SMILES string of the molecule is O=C(c1ccccc1F)N(Cc1ccco1)CC1CN(CC(O)COc2ccc(Cl)cc2)CCO1. The molecule has 1 amide bonds. The summed E-state index contributed by atoms with van der Waals surface area (Å²) in [5, 5.41) is 11.1. The zero-order valence-corrected chi connectivity index (χ0v) is 19.9. The predicted octanol–water partition coefficient (Wildman–Crippen LogP) is 3.86. The molecule has 2 heterocycles. The number of aliphatic hydroxyl groups is 1. The molecule has 1 aliphatic rings. The van der Waals surface area contributed by atoms with Crippen molar-refractivity contribution in [3.63, 3.8) is 0 Å². The molecule has 0 bridgehead atoms. The minimum atomic E-state index is -0.705. The van der Waals surface area contributed by atoms with Gasteiger partial charge >= 0.3 is 0 Å². The van der Waals surface area contributed by atoms with Crippen molar-refractivity contribution in [1.29, 1.82) is 0 Å². The van der Waals surface area contributed by atoms with Crippen LogP contribution < -0.4 is 4.74 Å². The molecule has 9 heteroatoms. The van der Waals surface area contributed by atoms with Crippen molar-refractivity contribution in [2.45, 2.75) is 18.8 Å². The number of halogens is 2. The number of ether oxygens (including phenoxy) is 2. The van der Waals surface area contributed by atoms with E-state index in [-0.39, 0.29) is 31.4 Å². The van der Waals surface area contributed by atoms with Crippen LogP contribution in [0.5, 0.6) is 5.75 Å². The van der Waals surface area contributed by atoms with E-state index in [1.54, 1.807) is 48.5 Å². The lowest BCUT2D eigenvalue weighted by Crippen LogP contribution is -2.50. The van der Waals surface area contributed by atoms with Gasteiger partial charge in [0, 0.05) is 31.2 Å². The maximum Gasteiger partial charge on any atom is 0.257 e. The first kappa shape index (κ1) is 25.2. The third-order valence-corrected chi connectivity index (χ3v) is 5.94. The van der Waals surface area contributed by atoms with Gasteiger partial charge in [0.05, 0.1) is 31.1 Å². The van der Waals surface area contributed by atoms with Gasteiger partial charge in [0.1, 0.15) is 30.0 Å². The van der Waals surface area contributed by atoms with E-state index in [9.17, 15) is 14.3 Å². The van der Waals surface area contributed by atoms with E-state index in [4.69, 9.17) is 25.5 Å². The molecule has 1 N–H and O–H groups in total. The van der Waals surface area contributed by atoms with Crippen molar-refractivity contribution in [3.8, 4) is 5.75 Å². The summed E-state index contributed by atoms with van der Waals surface area (Å²) in [6, 6.07) is 16.4. The minimum Gasteiger partial charge on any atom is -0.491 e. The van der Waals surface area contributed by atoms with Gasteiger partial charge in [-0.3, -0.25) is 9.69 Å². The Hall–Kier alpha value is -2.91. The molecule has 0 saturated carbocycles. The summed E-state index contributed by atoms with van der Waals surface area (Å²) in [6.45, 7) is 2.59. The topological polar surface area (TPSA) is 75.4 Å². The van der Waals surface area contributed by atoms with E-state index in [1.807, 2.05) is 0 Å². The second-order valence-corrected chi connectivity index (χ2v) is 8.85. The first-order valence-electron chi connectivity index (χ1n) is 11.4. The fourth-order valence-electron chi connectivity index (χ4n) is 3.99. The third kappa shape index (κ3) is 7.29. The van der Waals surface area contributed by atoms with Gasteiger partial charge in [0.25, 0.3) is 5.91 Å². The number of rotatable bonds is 10. The van der Waals surface area contributed by atoms with Gasteiger partial charge in [-0.05, 0) is 48.5 Å². The van der Waals surface area contributed by atoms with Crippen molar-refractivity contribution >= 4 is 17.5 Å². The van der Waals surface area contributed by atoms with Crippen LogP contribution in [0.3, 0.4) is 0 Å². The number of hydrogen-bond acceptors (Lipinski definition) is 6. The largest absolute Gasteiger partial charge is 0.491 e. The number of hydrogen-bond donors (Lipinski definition) is 1. The number of carbonyl (C=O) groups excluding carboxylic acids is 1. The van der Waals surface area contributed by atoms with Crippen LogP contribution in [0.1, 0.15) is 16.1 Å². The smallest absolute Gasteiger partial charge is 0.257 e. The number of benzene rings is 2. The lowest BCUT2D eigenvalue weighted by atomic mass is 10.1. The number of β-amino-alcohol motifs (C(OH)–C–C–N with tert-alkyl or cyclic N) is 1. The molecule has 1 fully saturated rings. The molecule has 0 aliphatic carbocycles. The Labute approximate surface area is 208 Å². The molecular weight excluding hydrogens is 475 g/mol. The quantitative estimate of drug-likeness (QED) is 0.454. The van der Waals surface area contributed by atoms with Crippen LogP contribution in [0, 0.1) is 5.82 Å². The average Bonchev–Trinajstić information content (AvgIpc) is 3.37. The van der Waals surface area contributed by atoms with E-state index in [2.05, 4.69) is 4.90 Å². The molecule has 1 aliphatic heterocycles. The number of aliphatic hydroxyl groups excluding tert-OH is 1. The lowest BCUT2D eigenvalue weighted by molar-refractivity contribution is -0.0546. The Bertz CT molecular complexity index is 1080. The van der Waals surface area contributed by atoms with Gasteiger partial charge in [0.2, 0.25) is 0 Å². The summed E-state index contributed by atoms with van der Waals surface area (Å²) in [4.78, 5) is 16.8. The van der Waals surface area contributed by atoms with Crippen molar-refractivity contribution in [2.24, 2.45) is 0 Å². The highest BCUT2D eigenvalue weighted by Gasteiger charge is 2.28. The molecule has 2 aromatic carbocycles. The van der Waals surface area contributed by atoms with Gasteiger partial charge in [0.15, 0.2) is 0 Å². The summed E-state index contributed by atoms with van der Waals surface area (Å²) >= 11 is 5.88. The zero-order valence-electron chi connectivity index (χ0n) is 19.2. The van der Waals surface area contributed by atoms with E-state index in [1.165, 1.54) is 23.3 Å². The van der Waals surface area contributed by atoms with Crippen LogP contribution in [0.2, 0.25) is 5.02 Å². The molecule has 1 aromatic heterocycles. The van der Waals surface area contributed by atoms with E-state index in [0.717, 1.165) is 0 Å². The van der Waals surface area contributed by atoms with Crippen LogP contribution in [-0.2, 0) is 11.3 Å². The molecule has 0 radical (unpaired) electrons. The van der Waals surface area contributed by atoms with Crippen LogP contribution >= 0.6 is 11.6 Å². The number of nitrogens with zero attached hydrogens (tertiary/aromatic N) is 2. The standard InChI is InChI=1S/C26H28ClFN2O5/c27-19-7-9-21(10-8-19)35-18-20(31)14-29-11-13-34-23(15-29)17-30(16-22-4-3-12-33-22)26(32)24-5-1-2-6-25(24)28/h1-10,12,20,23,31H,11,13-18H2. The van der Waals surface area contributed by atoms with Gasteiger partial charge in [-0.2, -0.15) is 0 Å². The third-order valence-electron chi connectivity index (χ3n) is 5.69. The fraction of sp³-hybridized carbons (Fsp3) is 0.346. The molecule has 2 unspecified atom stereocenters. The highest BCUT2D eigenvalue weighted by Crippen LogP contribution is 2.18. The van der Waals surface area contributed by atoms with Crippen molar-refractivity contribution in [2.75, 3.05) is 39.4 Å². The molecule has 7 nitrogen and oxygen atoms in total. The van der Waals surface area contributed by atoms with E-state index in [0.29, 0.717) is 42.8 Å². The molecule has 2 atom stereocenters. The second-order valence-electron chi connectivity index (χ2n) is 8.42. The first-order valence-corrected chi connectivity index (χ1v) is 11.8. The van der Waals surface area contributed by atoms with Crippen molar-refractivity contribution in [1.82, 2.24) is 9.80 Å². The van der Waals surface area contributed by atoms with Crippen molar-refractivity contribution < 1.29 is 28.2 Å². The lowest BCUT2D eigenvalue weighted by Gasteiger charge is -2.36. The Morgan fingerprint density at radius 2 is 2.00 bits per heavy atom. The molecule has 1 saturated heterocycles. The predicted molar refractivity (Wildman–Crippen MR) is 129 cm³/mol. The monoisotopic (exact) mass is 502 g/mol. The Morgan fingerprint density at radius 3 is 2.74 bits per heavy atom. The molecule has 35 heavy (non-hydrogen) atoms. The Balaban J connectivity index is 1.35. The van der Waals surface area contributed by atoms with Crippen LogP contribution in [0.15, 0.2) is 71.3 Å². The van der Waals surface area contributed by atoms with Gasteiger partial charge in [-0.1, -0.05) is 23.7 Å². The molecule has 0 spiro atoms. The number of morpholine rings is 1. The average molecular weight is 503 g/mol. The summed E-state index contributed by atoms with van der Waals surface area (Å²) < 4.78 is 31.3. The molecule has 3 aromatic rings. The van der Waals surface area contributed by atoms with Crippen LogP contribution in [-0.4, -0.2) is 72.4 Å². The van der Waals surface area contributed by atoms with Gasteiger partial charge in [-0.25, -0.2) is 4.39 Å². The minimum absolute atomic E-state index is 0.00138. The second kappa shape index (κ2) is 12.2. The highest BCUT2D eigenvalue weighted by atomic mass is 35.5. The maximum absolute atomic E-state index is 14.3. The highest BCUT2D eigenvalue weighted by molar-refractivity contribution is 6.30. The molecular formula is C26H28ClFN2O5. The summed E-state index contributed by atoms with van der Waals surface area (Å²) in [6.07, 6.45) is 0.524. The maximum atomic E-state index is 14.3.